The van der Waals surface area contributed by atoms with E-state index < -0.39 is 6.43 Å². The molecule has 2 N–H and O–H groups in total. The molecule has 4 rings (SSSR count). The number of halogens is 2. The van der Waals surface area contributed by atoms with E-state index in [2.05, 4.69) is 24.8 Å². The second-order valence-corrected chi connectivity index (χ2v) is 8.54. The van der Waals surface area contributed by atoms with Gasteiger partial charge in [-0.05, 0) is 33.8 Å². The van der Waals surface area contributed by atoms with Gasteiger partial charge in [0, 0.05) is 17.3 Å². The molecule has 0 saturated carbocycles. The van der Waals surface area contributed by atoms with Gasteiger partial charge in [0.2, 0.25) is 11.9 Å². The highest BCUT2D eigenvalue weighted by Gasteiger charge is 2.33. The van der Waals surface area contributed by atoms with Gasteiger partial charge in [0.05, 0.1) is 50.6 Å². The molecular formula is C21H29F2N7O2. The maximum absolute atomic E-state index is 13.8. The molecule has 174 valence electrons. The van der Waals surface area contributed by atoms with Gasteiger partial charge >= 0.3 is 0 Å². The molecule has 0 radical (unpaired) electrons. The van der Waals surface area contributed by atoms with Crippen LogP contribution in [0.4, 0.5) is 26.5 Å². The number of nitrogens with two attached hydrogens (primary N) is 1. The first-order chi connectivity index (χ1) is 15.3. The summed E-state index contributed by atoms with van der Waals surface area (Å²) >= 11 is 0. The molecule has 2 aliphatic heterocycles. The minimum absolute atomic E-state index is 0.0144. The van der Waals surface area contributed by atoms with E-state index in [1.165, 1.54) is 12.3 Å². The van der Waals surface area contributed by atoms with Crippen molar-refractivity contribution in [2.75, 3.05) is 42.0 Å². The van der Waals surface area contributed by atoms with Crippen LogP contribution in [-0.2, 0) is 9.47 Å². The molecule has 4 heterocycles. The summed E-state index contributed by atoms with van der Waals surface area (Å²) in [5, 5.41) is 0. The molecule has 2 saturated heterocycles. The smallest absolute Gasteiger partial charge is 0.264 e. The van der Waals surface area contributed by atoms with Crippen molar-refractivity contribution in [3.63, 3.8) is 0 Å². The third kappa shape index (κ3) is 4.31. The van der Waals surface area contributed by atoms with Crippen molar-refractivity contribution in [2.24, 2.45) is 0 Å². The van der Waals surface area contributed by atoms with E-state index in [-0.39, 0.29) is 46.9 Å². The van der Waals surface area contributed by atoms with Gasteiger partial charge in [0.25, 0.3) is 6.43 Å². The molecule has 4 atom stereocenters. The van der Waals surface area contributed by atoms with E-state index in [1.54, 1.807) is 0 Å². The number of rotatable bonds is 4. The molecule has 9 nitrogen and oxygen atoms in total. The number of anilines is 3. The van der Waals surface area contributed by atoms with Crippen LogP contribution in [0.25, 0.3) is 11.4 Å². The largest absolute Gasteiger partial charge is 0.384 e. The first-order valence-electron chi connectivity index (χ1n) is 10.8. The van der Waals surface area contributed by atoms with Gasteiger partial charge in [0.1, 0.15) is 5.82 Å². The van der Waals surface area contributed by atoms with Crippen LogP contribution in [0.15, 0.2) is 12.3 Å². The molecule has 11 heteroatoms. The number of alkyl halides is 2. The van der Waals surface area contributed by atoms with Gasteiger partial charge in [-0.2, -0.15) is 15.0 Å². The SMILES string of the molecule is C[C@@H]1COC[C@H](C)N1c1nc(-c2cnc(N)cc2C(F)F)nc(N2[C@H](C)COC[C@@H]2C)n1. The van der Waals surface area contributed by atoms with Crippen LogP contribution in [0.5, 0.6) is 0 Å². The number of nitrogens with zero attached hydrogens (tertiary/aromatic N) is 6. The molecule has 2 aliphatic rings. The van der Waals surface area contributed by atoms with Crippen molar-refractivity contribution in [3.8, 4) is 11.4 Å². The maximum atomic E-state index is 13.8. The number of nitrogen functional groups attached to an aromatic ring is 1. The molecule has 0 amide bonds. The Balaban J connectivity index is 1.89. The summed E-state index contributed by atoms with van der Waals surface area (Å²) in [5.41, 5.74) is 5.55. The minimum atomic E-state index is -2.75. The minimum Gasteiger partial charge on any atom is -0.384 e. The number of morpholine rings is 2. The van der Waals surface area contributed by atoms with Crippen molar-refractivity contribution >= 4 is 17.7 Å². The quantitative estimate of drug-likeness (QED) is 0.755. The maximum Gasteiger partial charge on any atom is 0.264 e. The first-order valence-corrected chi connectivity index (χ1v) is 10.8. The average Bonchev–Trinajstić information content (AvgIpc) is 2.73. The lowest BCUT2D eigenvalue weighted by Gasteiger charge is -2.41. The second kappa shape index (κ2) is 9.07. The zero-order chi connectivity index (χ0) is 23.0. The second-order valence-electron chi connectivity index (χ2n) is 8.54. The third-order valence-electron chi connectivity index (χ3n) is 5.84. The number of ether oxygens (including phenoxy) is 2. The van der Waals surface area contributed by atoms with Gasteiger partial charge in [-0.1, -0.05) is 0 Å². The fraction of sp³-hybridized carbons (Fsp3) is 0.619. The van der Waals surface area contributed by atoms with Crippen LogP contribution in [-0.4, -0.2) is 70.5 Å². The van der Waals surface area contributed by atoms with E-state index in [0.29, 0.717) is 38.3 Å². The van der Waals surface area contributed by atoms with Gasteiger partial charge < -0.3 is 25.0 Å². The summed E-state index contributed by atoms with van der Waals surface area (Å²) in [6, 6.07) is 1.23. The van der Waals surface area contributed by atoms with Crippen molar-refractivity contribution in [1.82, 2.24) is 19.9 Å². The Morgan fingerprint density at radius 2 is 1.34 bits per heavy atom. The van der Waals surface area contributed by atoms with Crippen LogP contribution < -0.4 is 15.5 Å². The van der Waals surface area contributed by atoms with Gasteiger partial charge in [-0.15, -0.1) is 0 Å². The van der Waals surface area contributed by atoms with Gasteiger partial charge in [-0.25, -0.2) is 13.8 Å². The lowest BCUT2D eigenvalue weighted by Crippen LogP contribution is -2.52. The summed E-state index contributed by atoms with van der Waals surface area (Å²) in [6.07, 6.45) is -1.45. The summed E-state index contributed by atoms with van der Waals surface area (Å²) in [6.45, 7) is 10.2. The highest BCUT2D eigenvalue weighted by molar-refractivity contribution is 5.64. The Hall–Kier alpha value is -2.66. The number of hydrogen-bond donors (Lipinski definition) is 1. The topological polar surface area (TPSA) is 103 Å². The van der Waals surface area contributed by atoms with Crippen molar-refractivity contribution in [3.05, 3.63) is 17.8 Å². The molecule has 0 unspecified atom stereocenters. The molecule has 2 fully saturated rings. The van der Waals surface area contributed by atoms with E-state index in [0.717, 1.165) is 0 Å². The lowest BCUT2D eigenvalue weighted by atomic mass is 10.1. The zero-order valence-electron chi connectivity index (χ0n) is 18.7. The Labute approximate surface area is 186 Å². The highest BCUT2D eigenvalue weighted by Crippen LogP contribution is 2.33. The first kappa shape index (κ1) is 22.5. The number of aromatic nitrogens is 4. The third-order valence-corrected chi connectivity index (χ3v) is 5.84. The monoisotopic (exact) mass is 449 g/mol. The molecule has 0 aliphatic carbocycles. The molecule has 2 aromatic heterocycles. The van der Waals surface area contributed by atoms with Gasteiger partial charge in [0.15, 0.2) is 5.82 Å². The van der Waals surface area contributed by atoms with Crippen LogP contribution in [0.2, 0.25) is 0 Å². The van der Waals surface area contributed by atoms with Crippen LogP contribution in [0, 0.1) is 0 Å². The van der Waals surface area contributed by atoms with Crippen LogP contribution >= 0.6 is 0 Å². The molecule has 2 aromatic rings. The molecule has 0 aromatic carbocycles. The molecule has 0 spiro atoms. The zero-order valence-corrected chi connectivity index (χ0v) is 18.7. The van der Waals surface area contributed by atoms with Crippen molar-refractivity contribution < 1.29 is 18.3 Å². The summed E-state index contributed by atoms with van der Waals surface area (Å²) in [5.74, 6) is 1.02. The van der Waals surface area contributed by atoms with E-state index >= 15 is 0 Å². The normalized spacial score (nSPS) is 26.6. The van der Waals surface area contributed by atoms with E-state index in [9.17, 15) is 8.78 Å². The fourth-order valence-electron chi connectivity index (χ4n) is 4.36. The number of hydrogen-bond acceptors (Lipinski definition) is 9. The Morgan fingerprint density at radius 1 is 0.875 bits per heavy atom. The molecule has 0 bridgehead atoms. The summed E-state index contributed by atoms with van der Waals surface area (Å²) < 4.78 is 39.0. The Kier molecular flexibility index (Phi) is 6.38. The van der Waals surface area contributed by atoms with Crippen LogP contribution in [0.3, 0.4) is 0 Å². The van der Waals surface area contributed by atoms with Crippen LogP contribution in [0.1, 0.15) is 39.7 Å². The fourth-order valence-corrected chi connectivity index (χ4v) is 4.36. The number of pyridine rings is 1. The van der Waals surface area contributed by atoms with Gasteiger partial charge in [-0.3, -0.25) is 0 Å². The lowest BCUT2D eigenvalue weighted by molar-refractivity contribution is 0.0733. The summed E-state index contributed by atoms with van der Waals surface area (Å²) in [7, 11) is 0. The predicted molar refractivity (Wildman–Crippen MR) is 117 cm³/mol. The highest BCUT2D eigenvalue weighted by atomic mass is 19.3. The van der Waals surface area contributed by atoms with E-state index in [4.69, 9.17) is 20.2 Å². The Morgan fingerprint density at radius 3 is 1.78 bits per heavy atom. The molecular weight excluding hydrogens is 420 g/mol. The van der Waals surface area contributed by atoms with Crippen molar-refractivity contribution in [2.45, 2.75) is 58.3 Å². The summed E-state index contributed by atoms with van der Waals surface area (Å²) in [4.78, 5) is 22.2. The average molecular weight is 450 g/mol. The predicted octanol–water partition coefficient (Wildman–Crippen LogP) is 2.68. The van der Waals surface area contributed by atoms with E-state index in [1.807, 2.05) is 27.7 Å². The van der Waals surface area contributed by atoms with Crippen molar-refractivity contribution in [1.29, 1.82) is 0 Å². The molecule has 32 heavy (non-hydrogen) atoms. The standard InChI is InChI=1S/C21H29F2N7O2/c1-11-7-31-8-12(2)29(11)20-26-19(16-6-25-17(24)5-15(16)18(22)23)27-21(28-20)30-13(3)9-32-10-14(30)4/h5-6,11-14,18H,7-10H2,1-4H3,(H2,24,25)/t11-,12+,13-,14+. The Bertz CT molecular complexity index is 899.